The highest BCUT2D eigenvalue weighted by Crippen LogP contribution is 2.06. The van der Waals surface area contributed by atoms with Crippen LogP contribution in [-0.4, -0.2) is 24.9 Å². The third kappa shape index (κ3) is 1.37. The van der Waals surface area contributed by atoms with Gasteiger partial charge in [0.05, 0.1) is 19.1 Å². The average Bonchev–Trinajstić information content (AvgIpc) is 2.21. The van der Waals surface area contributed by atoms with Crippen molar-refractivity contribution in [2.24, 2.45) is 9.98 Å². The summed E-state index contributed by atoms with van der Waals surface area (Å²) < 4.78 is 10.3. The summed E-state index contributed by atoms with van der Waals surface area (Å²) in [5.41, 5.74) is 0. The molecule has 0 bridgehead atoms. The Bertz CT molecular complexity index is 279. The zero-order chi connectivity index (χ0) is 8.23. The molecule has 0 radical (unpaired) electrons. The van der Waals surface area contributed by atoms with Gasteiger partial charge in [0.15, 0.2) is 0 Å². The van der Waals surface area contributed by atoms with Crippen molar-refractivity contribution >= 4 is 12.1 Å². The minimum atomic E-state index is -0.403. The second-order valence-corrected chi connectivity index (χ2v) is 2.28. The molecule has 0 aromatic heterocycles. The van der Waals surface area contributed by atoms with Crippen LogP contribution in [0.1, 0.15) is 0 Å². The van der Waals surface area contributed by atoms with Gasteiger partial charge in [-0.2, -0.15) is 0 Å². The summed E-state index contributed by atoms with van der Waals surface area (Å²) in [6.07, 6.45) is 7.97. The SMILES string of the molecule is C1=COC(C2=NCC=CO2)N=C1. The first-order chi connectivity index (χ1) is 5.97. The molecule has 0 saturated heterocycles. The third-order valence-corrected chi connectivity index (χ3v) is 1.44. The standard InChI is InChI=1S/C8H8N2O2/c1-3-9-7(11-5-1)8-10-4-2-6-12-8/h1-3,5-7H,4H2. The zero-order valence-electron chi connectivity index (χ0n) is 6.38. The number of rotatable bonds is 1. The molecule has 0 amide bonds. The molecule has 0 saturated carbocycles. The molecule has 1 unspecified atom stereocenters. The first-order valence-electron chi connectivity index (χ1n) is 3.66. The molecule has 4 heteroatoms. The van der Waals surface area contributed by atoms with Crippen molar-refractivity contribution in [3.05, 3.63) is 24.7 Å². The molecule has 2 aliphatic heterocycles. The molecule has 0 aromatic carbocycles. The van der Waals surface area contributed by atoms with E-state index in [0.29, 0.717) is 12.4 Å². The quantitative estimate of drug-likeness (QED) is 0.577. The van der Waals surface area contributed by atoms with Crippen molar-refractivity contribution < 1.29 is 9.47 Å². The molecule has 4 nitrogen and oxygen atoms in total. The van der Waals surface area contributed by atoms with Gasteiger partial charge in [0.1, 0.15) is 0 Å². The Balaban J connectivity index is 2.04. The van der Waals surface area contributed by atoms with Gasteiger partial charge in [0, 0.05) is 6.21 Å². The number of hydrogen-bond acceptors (Lipinski definition) is 4. The third-order valence-electron chi connectivity index (χ3n) is 1.44. The molecule has 0 aliphatic carbocycles. The van der Waals surface area contributed by atoms with Crippen LogP contribution in [0.4, 0.5) is 0 Å². The zero-order valence-corrected chi connectivity index (χ0v) is 6.38. The van der Waals surface area contributed by atoms with Crippen LogP contribution in [0.2, 0.25) is 0 Å². The molecule has 0 N–H and O–H groups in total. The van der Waals surface area contributed by atoms with Crippen LogP contribution in [0.5, 0.6) is 0 Å². The van der Waals surface area contributed by atoms with Gasteiger partial charge in [0.25, 0.3) is 12.1 Å². The normalized spacial score (nSPS) is 26.0. The maximum absolute atomic E-state index is 5.15. The number of aliphatic imine (C=N–C) groups is 2. The van der Waals surface area contributed by atoms with E-state index >= 15 is 0 Å². The van der Waals surface area contributed by atoms with Crippen LogP contribution >= 0.6 is 0 Å². The van der Waals surface area contributed by atoms with Gasteiger partial charge in [-0.05, 0) is 12.2 Å². The molecule has 0 aromatic rings. The second-order valence-electron chi connectivity index (χ2n) is 2.28. The smallest absolute Gasteiger partial charge is 0.265 e. The van der Waals surface area contributed by atoms with E-state index in [1.807, 2.05) is 6.08 Å². The largest absolute Gasteiger partial charge is 0.467 e. The second kappa shape index (κ2) is 3.21. The van der Waals surface area contributed by atoms with Crippen LogP contribution in [0.15, 0.2) is 34.7 Å². The van der Waals surface area contributed by atoms with E-state index in [1.165, 1.54) is 0 Å². The average molecular weight is 164 g/mol. The molecule has 2 heterocycles. The summed E-state index contributed by atoms with van der Waals surface area (Å²) >= 11 is 0. The van der Waals surface area contributed by atoms with E-state index < -0.39 is 6.23 Å². The van der Waals surface area contributed by atoms with Gasteiger partial charge < -0.3 is 9.47 Å². The topological polar surface area (TPSA) is 43.2 Å². The summed E-state index contributed by atoms with van der Waals surface area (Å²) in [5.74, 6) is 0.512. The lowest BCUT2D eigenvalue weighted by Gasteiger charge is -2.16. The van der Waals surface area contributed by atoms with Crippen LogP contribution in [0.3, 0.4) is 0 Å². The van der Waals surface area contributed by atoms with Crippen LogP contribution in [-0.2, 0) is 9.47 Å². The van der Waals surface area contributed by atoms with Gasteiger partial charge in [-0.25, -0.2) is 9.98 Å². The maximum atomic E-state index is 5.15. The fourth-order valence-electron chi connectivity index (χ4n) is 0.917. The maximum Gasteiger partial charge on any atom is 0.265 e. The molecule has 62 valence electrons. The first-order valence-corrected chi connectivity index (χ1v) is 3.66. The number of allylic oxidation sites excluding steroid dienone is 1. The monoisotopic (exact) mass is 164 g/mol. The van der Waals surface area contributed by atoms with E-state index in [4.69, 9.17) is 9.47 Å². The molecule has 2 aliphatic rings. The summed E-state index contributed by atoms with van der Waals surface area (Å²) in [5, 5.41) is 0. The van der Waals surface area contributed by atoms with E-state index in [-0.39, 0.29) is 0 Å². The molecule has 0 spiro atoms. The van der Waals surface area contributed by atoms with Crippen molar-refractivity contribution in [1.82, 2.24) is 0 Å². The minimum Gasteiger partial charge on any atom is -0.467 e. The molecular weight excluding hydrogens is 156 g/mol. The molecule has 2 rings (SSSR count). The van der Waals surface area contributed by atoms with Crippen molar-refractivity contribution in [1.29, 1.82) is 0 Å². The predicted octanol–water partition coefficient (Wildman–Crippen LogP) is 0.870. The highest BCUT2D eigenvalue weighted by Gasteiger charge is 2.17. The summed E-state index contributed by atoms with van der Waals surface area (Å²) in [6, 6.07) is 0. The van der Waals surface area contributed by atoms with Crippen molar-refractivity contribution in [2.75, 3.05) is 6.54 Å². The van der Waals surface area contributed by atoms with Gasteiger partial charge in [0.2, 0.25) is 0 Å². The van der Waals surface area contributed by atoms with Gasteiger partial charge in [-0.3, -0.25) is 0 Å². The van der Waals surface area contributed by atoms with Crippen LogP contribution < -0.4 is 0 Å². The Morgan fingerprint density at radius 1 is 1.42 bits per heavy atom. The van der Waals surface area contributed by atoms with E-state index in [9.17, 15) is 0 Å². The Morgan fingerprint density at radius 2 is 2.42 bits per heavy atom. The Kier molecular flexibility index (Phi) is 1.90. The Hall–Kier alpha value is -1.58. The van der Waals surface area contributed by atoms with Gasteiger partial charge in [-0.1, -0.05) is 0 Å². The lowest BCUT2D eigenvalue weighted by atomic mass is 10.4. The van der Waals surface area contributed by atoms with Crippen molar-refractivity contribution in [3.8, 4) is 0 Å². The summed E-state index contributed by atoms with van der Waals surface area (Å²) in [4.78, 5) is 8.12. The summed E-state index contributed by atoms with van der Waals surface area (Å²) in [7, 11) is 0. The number of hydrogen-bond donors (Lipinski definition) is 0. The van der Waals surface area contributed by atoms with Crippen molar-refractivity contribution in [3.63, 3.8) is 0 Å². The van der Waals surface area contributed by atoms with E-state index in [2.05, 4.69) is 9.98 Å². The Labute approximate surface area is 69.9 Å². The van der Waals surface area contributed by atoms with Gasteiger partial charge in [-0.15, -0.1) is 0 Å². The fraction of sp³-hybridized carbons (Fsp3) is 0.250. The summed E-state index contributed by atoms with van der Waals surface area (Å²) in [6.45, 7) is 0.633. The molecule has 0 fully saturated rings. The first kappa shape index (κ1) is 7.09. The van der Waals surface area contributed by atoms with Crippen molar-refractivity contribution in [2.45, 2.75) is 6.23 Å². The highest BCUT2D eigenvalue weighted by molar-refractivity contribution is 5.85. The lowest BCUT2D eigenvalue weighted by Crippen LogP contribution is -2.24. The highest BCUT2D eigenvalue weighted by atomic mass is 16.5. The van der Waals surface area contributed by atoms with Crippen LogP contribution in [0, 0.1) is 0 Å². The molecular formula is C8H8N2O2. The van der Waals surface area contributed by atoms with Gasteiger partial charge >= 0.3 is 0 Å². The van der Waals surface area contributed by atoms with E-state index in [1.54, 1.807) is 24.8 Å². The minimum absolute atomic E-state index is 0.403. The predicted molar refractivity (Wildman–Crippen MR) is 45.0 cm³/mol. The molecule has 1 atom stereocenters. The lowest BCUT2D eigenvalue weighted by molar-refractivity contribution is 0.184. The van der Waals surface area contributed by atoms with E-state index in [0.717, 1.165) is 0 Å². The Morgan fingerprint density at radius 3 is 3.08 bits per heavy atom. The number of ether oxygens (including phenoxy) is 2. The fourth-order valence-corrected chi connectivity index (χ4v) is 0.917. The van der Waals surface area contributed by atoms with Crippen LogP contribution in [0.25, 0.3) is 0 Å². The molecule has 12 heavy (non-hydrogen) atoms. The number of nitrogens with zero attached hydrogens (tertiary/aromatic N) is 2.